The molecule has 1 aromatic rings. The maximum Gasteiger partial charge on any atom is 0.204 e. The van der Waals surface area contributed by atoms with Crippen LogP contribution in [0.1, 0.15) is 43.1 Å². The lowest BCUT2D eigenvalue weighted by molar-refractivity contribution is 0.0796. The van der Waals surface area contributed by atoms with E-state index < -0.39 is 0 Å². The van der Waals surface area contributed by atoms with Gasteiger partial charge in [-0.15, -0.1) is 0 Å². The quantitative estimate of drug-likeness (QED) is 0.820. The van der Waals surface area contributed by atoms with E-state index in [4.69, 9.17) is 9.47 Å². The highest BCUT2D eigenvalue weighted by molar-refractivity contribution is 5.98. The molecule has 1 heterocycles. The summed E-state index contributed by atoms with van der Waals surface area (Å²) in [6, 6.07) is 1.70. The van der Waals surface area contributed by atoms with Crippen molar-refractivity contribution in [2.75, 3.05) is 7.11 Å². The smallest absolute Gasteiger partial charge is 0.204 e. The summed E-state index contributed by atoms with van der Waals surface area (Å²) in [7, 11) is 1.46. The van der Waals surface area contributed by atoms with E-state index in [1.54, 1.807) is 6.07 Å². The van der Waals surface area contributed by atoms with Crippen molar-refractivity contribution in [2.45, 2.75) is 39.2 Å². The van der Waals surface area contributed by atoms with Gasteiger partial charge < -0.3 is 14.6 Å². The fraction of sp³-hybridized carbons (Fsp3) is 0.500. The number of hydrogen-bond donors (Lipinski definition) is 1. The highest BCUT2D eigenvalue weighted by Crippen LogP contribution is 2.46. The van der Waals surface area contributed by atoms with Crippen molar-refractivity contribution in [1.29, 1.82) is 0 Å². The summed E-state index contributed by atoms with van der Waals surface area (Å²) in [6.45, 7) is 5.41. The third-order valence-corrected chi connectivity index (χ3v) is 3.24. The first-order chi connectivity index (χ1) is 8.35. The highest BCUT2D eigenvalue weighted by Gasteiger charge is 2.32. The fourth-order valence-corrected chi connectivity index (χ4v) is 2.20. The van der Waals surface area contributed by atoms with Crippen LogP contribution in [-0.2, 0) is 6.42 Å². The number of Topliss-reactive ketones (excluding diaryl/α,β-unsaturated/α-hetero) is 1. The Bertz CT molecular complexity index is 503. The maximum absolute atomic E-state index is 11.5. The van der Waals surface area contributed by atoms with Crippen LogP contribution < -0.4 is 9.47 Å². The van der Waals surface area contributed by atoms with E-state index in [1.165, 1.54) is 14.0 Å². The summed E-state index contributed by atoms with van der Waals surface area (Å²) in [5.74, 6) is 0.488. The molecule has 0 aliphatic carbocycles. The molecule has 0 saturated carbocycles. The number of hydrogen-bond acceptors (Lipinski definition) is 4. The third-order valence-electron chi connectivity index (χ3n) is 3.24. The average molecular weight is 250 g/mol. The second-order valence-corrected chi connectivity index (χ2v) is 5.21. The highest BCUT2D eigenvalue weighted by atomic mass is 16.5. The van der Waals surface area contributed by atoms with Gasteiger partial charge in [0.15, 0.2) is 17.3 Å². The predicted octanol–water partition coefficient (Wildman–Crippen LogP) is 2.71. The van der Waals surface area contributed by atoms with Crippen LogP contribution in [0.15, 0.2) is 6.07 Å². The summed E-state index contributed by atoms with van der Waals surface area (Å²) in [5.41, 5.74) is 0.910. The number of ketones is 1. The molecule has 98 valence electrons. The standard InChI is InChI=1S/C14H18O4/c1-8(15)10-7-9-5-6-14(2,3)18-12(9)13(17-4)11(10)16/h7,16H,5-6H2,1-4H3. The Labute approximate surface area is 107 Å². The van der Waals surface area contributed by atoms with Crippen LogP contribution in [0.3, 0.4) is 0 Å². The monoisotopic (exact) mass is 250 g/mol. The minimum absolute atomic E-state index is 0.138. The molecule has 2 rings (SSSR count). The lowest BCUT2D eigenvalue weighted by Gasteiger charge is -2.33. The van der Waals surface area contributed by atoms with Gasteiger partial charge in [-0.25, -0.2) is 0 Å². The molecule has 4 heteroatoms. The zero-order valence-electron chi connectivity index (χ0n) is 11.2. The molecule has 1 N–H and O–H groups in total. The van der Waals surface area contributed by atoms with Gasteiger partial charge in [0, 0.05) is 0 Å². The molecule has 0 radical (unpaired) electrons. The van der Waals surface area contributed by atoms with Crippen molar-refractivity contribution < 1.29 is 19.4 Å². The van der Waals surface area contributed by atoms with Crippen LogP contribution in [-0.4, -0.2) is 23.6 Å². The Morgan fingerprint density at radius 3 is 2.72 bits per heavy atom. The average Bonchev–Trinajstić information content (AvgIpc) is 2.27. The molecular weight excluding hydrogens is 232 g/mol. The fourth-order valence-electron chi connectivity index (χ4n) is 2.20. The number of carbonyl (C=O) groups excluding carboxylic acids is 1. The van der Waals surface area contributed by atoms with E-state index in [2.05, 4.69) is 0 Å². The van der Waals surface area contributed by atoms with E-state index in [9.17, 15) is 9.90 Å². The van der Waals surface area contributed by atoms with E-state index in [1.807, 2.05) is 13.8 Å². The summed E-state index contributed by atoms with van der Waals surface area (Å²) in [4.78, 5) is 11.5. The van der Waals surface area contributed by atoms with Gasteiger partial charge in [-0.1, -0.05) is 0 Å². The van der Waals surface area contributed by atoms with Crippen LogP contribution in [0, 0.1) is 0 Å². The normalized spacial score (nSPS) is 16.7. The van der Waals surface area contributed by atoms with Gasteiger partial charge >= 0.3 is 0 Å². The lowest BCUT2D eigenvalue weighted by atomic mass is 9.92. The first-order valence-corrected chi connectivity index (χ1v) is 5.98. The molecule has 1 aliphatic rings. The summed E-state index contributed by atoms with van der Waals surface area (Å²) in [5, 5.41) is 10.1. The van der Waals surface area contributed by atoms with Gasteiger partial charge in [-0.3, -0.25) is 4.79 Å². The summed E-state index contributed by atoms with van der Waals surface area (Å²) < 4.78 is 11.1. The van der Waals surface area contributed by atoms with Crippen molar-refractivity contribution in [3.63, 3.8) is 0 Å². The second-order valence-electron chi connectivity index (χ2n) is 5.21. The molecule has 1 aromatic carbocycles. The molecule has 0 bridgehead atoms. The Morgan fingerprint density at radius 1 is 1.50 bits per heavy atom. The Kier molecular flexibility index (Phi) is 2.97. The number of fused-ring (bicyclic) bond motifs is 1. The minimum Gasteiger partial charge on any atom is -0.504 e. The predicted molar refractivity (Wildman–Crippen MR) is 67.7 cm³/mol. The molecule has 4 nitrogen and oxygen atoms in total. The van der Waals surface area contributed by atoms with Gasteiger partial charge in [0.1, 0.15) is 5.60 Å². The van der Waals surface area contributed by atoms with E-state index in [0.29, 0.717) is 5.75 Å². The van der Waals surface area contributed by atoms with E-state index in [0.717, 1.165) is 18.4 Å². The maximum atomic E-state index is 11.5. The molecular formula is C14H18O4. The first kappa shape index (κ1) is 12.7. The number of methoxy groups -OCH3 is 1. The first-order valence-electron chi connectivity index (χ1n) is 5.98. The number of phenols is 1. The van der Waals surface area contributed by atoms with Crippen LogP contribution in [0.25, 0.3) is 0 Å². The Hall–Kier alpha value is -1.71. The van der Waals surface area contributed by atoms with Crippen LogP contribution >= 0.6 is 0 Å². The number of rotatable bonds is 2. The van der Waals surface area contributed by atoms with Crippen LogP contribution in [0.2, 0.25) is 0 Å². The molecule has 0 aromatic heterocycles. The Balaban J connectivity index is 2.62. The number of aromatic hydroxyl groups is 1. The van der Waals surface area contributed by atoms with Gasteiger partial charge in [-0.2, -0.15) is 0 Å². The zero-order valence-corrected chi connectivity index (χ0v) is 11.2. The molecule has 0 spiro atoms. The summed E-state index contributed by atoms with van der Waals surface area (Å²) >= 11 is 0. The third kappa shape index (κ3) is 2.03. The second kappa shape index (κ2) is 4.19. The van der Waals surface area contributed by atoms with Gasteiger partial charge in [-0.05, 0) is 45.2 Å². The molecule has 0 atom stereocenters. The number of carbonyl (C=O) groups is 1. The van der Waals surface area contributed by atoms with E-state index >= 15 is 0 Å². The molecule has 18 heavy (non-hydrogen) atoms. The number of aryl methyl sites for hydroxylation is 1. The van der Waals surface area contributed by atoms with Crippen molar-refractivity contribution in [2.24, 2.45) is 0 Å². The van der Waals surface area contributed by atoms with Crippen molar-refractivity contribution in [3.05, 3.63) is 17.2 Å². The van der Waals surface area contributed by atoms with Crippen molar-refractivity contribution in [3.8, 4) is 17.2 Å². The Morgan fingerprint density at radius 2 is 2.17 bits per heavy atom. The number of phenolic OH excluding ortho intramolecular Hbond substituents is 1. The van der Waals surface area contributed by atoms with Crippen LogP contribution in [0.4, 0.5) is 0 Å². The van der Waals surface area contributed by atoms with Crippen molar-refractivity contribution in [1.82, 2.24) is 0 Å². The molecule has 0 unspecified atom stereocenters. The molecule has 0 fully saturated rings. The van der Waals surface area contributed by atoms with Gasteiger partial charge in [0.2, 0.25) is 5.75 Å². The largest absolute Gasteiger partial charge is 0.504 e. The molecule has 0 saturated heterocycles. The van der Waals surface area contributed by atoms with Gasteiger partial charge in [0.25, 0.3) is 0 Å². The zero-order chi connectivity index (χ0) is 13.5. The topological polar surface area (TPSA) is 55.8 Å². The molecule has 0 amide bonds. The lowest BCUT2D eigenvalue weighted by Crippen LogP contribution is -2.32. The number of ether oxygens (including phenoxy) is 2. The minimum atomic E-state index is -0.287. The van der Waals surface area contributed by atoms with Crippen molar-refractivity contribution >= 4 is 5.78 Å². The van der Waals surface area contributed by atoms with Gasteiger partial charge in [0.05, 0.1) is 12.7 Å². The van der Waals surface area contributed by atoms with E-state index in [-0.39, 0.29) is 28.4 Å². The molecule has 1 aliphatic heterocycles. The number of benzene rings is 1. The SMILES string of the molecule is COc1c(O)c(C(C)=O)cc2c1OC(C)(C)CC2. The summed E-state index contributed by atoms with van der Waals surface area (Å²) in [6.07, 6.45) is 1.67. The van der Waals surface area contributed by atoms with Crippen LogP contribution in [0.5, 0.6) is 17.2 Å².